The van der Waals surface area contributed by atoms with Crippen molar-refractivity contribution < 1.29 is 4.39 Å². The van der Waals surface area contributed by atoms with E-state index >= 15 is 0 Å². The Morgan fingerprint density at radius 1 is 0.821 bits per heavy atom. The van der Waals surface area contributed by atoms with E-state index in [0.29, 0.717) is 6.42 Å². The lowest BCUT2D eigenvalue weighted by atomic mass is 9.77. The fourth-order valence-corrected chi connectivity index (χ4v) is 5.18. The molecule has 0 unspecified atom stereocenters. The van der Waals surface area contributed by atoms with Crippen LogP contribution in [0.25, 0.3) is 0 Å². The van der Waals surface area contributed by atoms with Gasteiger partial charge in [-0.3, -0.25) is 0 Å². The monoisotopic (exact) mass is 387 g/mol. The molecule has 0 spiro atoms. The third-order valence-electron chi connectivity index (χ3n) is 7.16. The highest BCUT2D eigenvalue weighted by atomic mass is 19.1. The summed E-state index contributed by atoms with van der Waals surface area (Å²) in [4.78, 5) is 0. The minimum absolute atomic E-state index is 0.622. The van der Waals surface area contributed by atoms with Gasteiger partial charge < -0.3 is 0 Å². The summed E-state index contributed by atoms with van der Waals surface area (Å²) in [7, 11) is 0. The Kier molecular flexibility index (Phi) is 11.6. The Morgan fingerprint density at radius 2 is 1.36 bits per heavy atom. The van der Waals surface area contributed by atoms with Crippen LogP contribution in [0.5, 0.6) is 0 Å². The predicted octanol–water partition coefficient (Wildman–Crippen LogP) is 8.67. The van der Waals surface area contributed by atoms with Crippen LogP contribution in [0.4, 0.5) is 4.39 Å². The van der Waals surface area contributed by atoms with E-state index in [2.05, 4.69) is 19.1 Å². The van der Waals surface area contributed by atoms with Gasteiger partial charge in [-0.25, -0.2) is 0 Å². The second-order valence-corrected chi connectivity index (χ2v) is 9.39. The smallest absolute Gasteiger partial charge is 0.195 e. The second kappa shape index (κ2) is 14.0. The summed E-state index contributed by atoms with van der Waals surface area (Å²) in [5, 5.41) is 8.45. The molecule has 0 amide bonds. The molecule has 2 rings (SSSR count). The number of nitriles is 1. The van der Waals surface area contributed by atoms with Gasteiger partial charge in [0.1, 0.15) is 6.07 Å². The molecule has 2 saturated carbocycles. The number of allylic oxidation sites excluding steroid dienone is 4. The topological polar surface area (TPSA) is 23.8 Å². The Balaban J connectivity index is 1.55. The van der Waals surface area contributed by atoms with Crippen molar-refractivity contribution in [3.05, 3.63) is 24.1 Å². The molecule has 2 aliphatic rings. The fourth-order valence-electron chi connectivity index (χ4n) is 5.18. The highest BCUT2D eigenvalue weighted by Gasteiger charge is 2.21. The van der Waals surface area contributed by atoms with E-state index in [1.807, 2.05) is 0 Å². The van der Waals surface area contributed by atoms with Gasteiger partial charge in [-0.05, 0) is 94.0 Å². The van der Waals surface area contributed by atoms with E-state index in [1.165, 1.54) is 96.0 Å². The van der Waals surface area contributed by atoms with Gasteiger partial charge in [0.05, 0.1) is 0 Å². The quantitative estimate of drug-likeness (QED) is 0.197. The van der Waals surface area contributed by atoms with Gasteiger partial charge in [0.15, 0.2) is 5.83 Å². The molecule has 2 fully saturated rings. The molecule has 0 heterocycles. The van der Waals surface area contributed by atoms with E-state index in [1.54, 1.807) is 6.07 Å². The lowest BCUT2D eigenvalue weighted by Gasteiger charge is -2.29. The minimum Gasteiger partial charge on any atom is -0.195 e. The summed E-state index contributed by atoms with van der Waals surface area (Å²) in [5.74, 6) is 2.69. The number of unbranched alkanes of at least 4 members (excludes halogenated alkanes) is 4. The number of nitrogens with zero attached hydrogens (tertiary/aromatic N) is 1. The zero-order valence-corrected chi connectivity index (χ0v) is 18.2. The third-order valence-corrected chi connectivity index (χ3v) is 7.16. The molecule has 28 heavy (non-hydrogen) atoms. The van der Waals surface area contributed by atoms with Crippen LogP contribution in [0.1, 0.15) is 110 Å². The van der Waals surface area contributed by atoms with Crippen LogP contribution in [0, 0.1) is 35.0 Å². The van der Waals surface area contributed by atoms with Gasteiger partial charge in [0.25, 0.3) is 0 Å². The number of hydrogen-bond acceptors (Lipinski definition) is 1. The average molecular weight is 388 g/mol. The van der Waals surface area contributed by atoms with Gasteiger partial charge in [-0.1, -0.05) is 57.6 Å². The summed E-state index contributed by atoms with van der Waals surface area (Å²) < 4.78 is 12.8. The third kappa shape index (κ3) is 9.40. The maximum absolute atomic E-state index is 12.8. The van der Waals surface area contributed by atoms with Crippen molar-refractivity contribution in [2.45, 2.75) is 110 Å². The van der Waals surface area contributed by atoms with Crippen LogP contribution in [0.3, 0.4) is 0 Å². The molecule has 0 aromatic heterocycles. The minimum atomic E-state index is -0.622. The maximum atomic E-state index is 12.8. The molecule has 0 saturated heterocycles. The first-order valence-electron chi connectivity index (χ1n) is 12.1. The van der Waals surface area contributed by atoms with Crippen molar-refractivity contribution in [3.63, 3.8) is 0 Å². The standard InChI is InChI=1S/C26H42FN/c1-2-3-4-5-6-8-22-11-15-24(16-12-22)19-20-25-17-13-23(14-18-25)9-7-10-26(27)21-28/h10,19-20,22-25H,2-9,11-18H2,1H3/t22-,23-,24-,25-. The first-order chi connectivity index (χ1) is 13.7. The first kappa shape index (κ1) is 23.2. The van der Waals surface area contributed by atoms with Crippen LogP contribution in [0.2, 0.25) is 0 Å². The number of halogens is 1. The lowest BCUT2D eigenvalue weighted by molar-refractivity contribution is 0.282. The molecule has 1 nitrogen and oxygen atoms in total. The first-order valence-corrected chi connectivity index (χ1v) is 12.1. The summed E-state index contributed by atoms with van der Waals surface area (Å²) in [5.41, 5.74) is 0. The molecule has 0 aliphatic heterocycles. The molecule has 0 aromatic rings. The van der Waals surface area contributed by atoms with Crippen LogP contribution in [-0.2, 0) is 0 Å². The van der Waals surface area contributed by atoms with Gasteiger partial charge in [0.2, 0.25) is 0 Å². The largest absolute Gasteiger partial charge is 0.196 e. The molecule has 2 heteroatoms. The van der Waals surface area contributed by atoms with Crippen molar-refractivity contribution in [2.75, 3.05) is 0 Å². The molecule has 158 valence electrons. The maximum Gasteiger partial charge on any atom is 0.196 e. The summed E-state index contributed by atoms with van der Waals surface area (Å²) >= 11 is 0. The van der Waals surface area contributed by atoms with E-state index in [0.717, 1.165) is 30.1 Å². The molecular formula is C26H42FN. The number of rotatable bonds is 11. The molecule has 0 aromatic carbocycles. The van der Waals surface area contributed by atoms with E-state index in [4.69, 9.17) is 5.26 Å². The second-order valence-electron chi connectivity index (χ2n) is 9.39. The van der Waals surface area contributed by atoms with Gasteiger partial charge >= 0.3 is 0 Å². The van der Waals surface area contributed by atoms with Gasteiger partial charge in [0, 0.05) is 0 Å². The predicted molar refractivity (Wildman–Crippen MR) is 117 cm³/mol. The van der Waals surface area contributed by atoms with Crippen molar-refractivity contribution in [1.29, 1.82) is 5.26 Å². The fraction of sp³-hybridized carbons (Fsp3) is 0.808. The summed E-state index contributed by atoms with van der Waals surface area (Å²) in [6.45, 7) is 2.29. The zero-order chi connectivity index (χ0) is 20.0. The van der Waals surface area contributed by atoms with Crippen molar-refractivity contribution in [2.24, 2.45) is 23.7 Å². The molecule has 0 radical (unpaired) electrons. The van der Waals surface area contributed by atoms with Gasteiger partial charge in [-0.15, -0.1) is 0 Å². The summed E-state index contributed by atoms with van der Waals surface area (Å²) in [6, 6.07) is 1.56. The van der Waals surface area contributed by atoms with Crippen molar-refractivity contribution in [3.8, 4) is 6.07 Å². The van der Waals surface area contributed by atoms with E-state index in [9.17, 15) is 4.39 Å². The van der Waals surface area contributed by atoms with E-state index in [-0.39, 0.29) is 0 Å². The van der Waals surface area contributed by atoms with Crippen LogP contribution < -0.4 is 0 Å². The highest BCUT2D eigenvalue weighted by molar-refractivity contribution is 5.11. The number of hydrogen-bond donors (Lipinski definition) is 0. The zero-order valence-electron chi connectivity index (χ0n) is 18.2. The molecule has 0 N–H and O–H groups in total. The van der Waals surface area contributed by atoms with Crippen LogP contribution >= 0.6 is 0 Å². The van der Waals surface area contributed by atoms with Crippen molar-refractivity contribution in [1.82, 2.24) is 0 Å². The SMILES string of the molecule is CCCCCCC[C@H]1CC[C@H](C=C[C@H]2CC[C@H](CCC=C(F)C#N)CC2)CC1. The Bertz CT molecular complexity index is 499. The normalized spacial score (nSPS) is 29.1. The molecular weight excluding hydrogens is 345 g/mol. The van der Waals surface area contributed by atoms with Crippen LogP contribution in [-0.4, -0.2) is 0 Å². The van der Waals surface area contributed by atoms with Gasteiger partial charge in [-0.2, -0.15) is 9.65 Å². The van der Waals surface area contributed by atoms with Crippen molar-refractivity contribution >= 4 is 0 Å². The Morgan fingerprint density at radius 3 is 1.89 bits per heavy atom. The summed E-state index contributed by atoms with van der Waals surface area (Å²) in [6.07, 6.45) is 27.7. The highest BCUT2D eigenvalue weighted by Crippen LogP contribution is 2.35. The van der Waals surface area contributed by atoms with E-state index < -0.39 is 5.83 Å². The Labute approximate surface area is 173 Å². The average Bonchev–Trinajstić information content (AvgIpc) is 2.73. The molecule has 0 atom stereocenters. The van der Waals surface area contributed by atoms with Crippen LogP contribution in [0.15, 0.2) is 24.1 Å². The Hall–Kier alpha value is -1.10. The lowest BCUT2D eigenvalue weighted by Crippen LogP contribution is -2.15. The molecule has 0 bridgehead atoms. The molecule has 2 aliphatic carbocycles.